The van der Waals surface area contributed by atoms with Crippen LogP contribution in [0.4, 0.5) is 10.5 Å². The van der Waals surface area contributed by atoms with E-state index < -0.39 is 0 Å². The van der Waals surface area contributed by atoms with Gasteiger partial charge in [0.25, 0.3) is 0 Å². The maximum atomic E-state index is 12.2. The average Bonchev–Trinajstić information content (AvgIpc) is 2.47. The molecular weight excluding hydrogens is 276 g/mol. The zero-order valence-electron chi connectivity index (χ0n) is 14.6. The van der Waals surface area contributed by atoms with E-state index in [-0.39, 0.29) is 6.09 Å². The third kappa shape index (κ3) is 4.01. The quantitative estimate of drug-likeness (QED) is 0.790. The van der Waals surface area contributed by atoms with Crippen LogP contribution in [0.5, 0.6) is 5.75 Å². The Bertz CT molecular complexity index is 526. The smallest absolute Gasteiger partial charge is 0.410 e. The maximum Gasteiger partial charge on any atom is 0.415 e. The fourth-order valence-corrected chi connectivity index (χ4v) is 2.90. The first-order chi connectivity index (χ1) is 10.3. The third-order valence-electron chi connectivity index (χ3n) is 4.17. The standard InChI is InChI=1S/C18H29N2O2/c1-14(2)16-10-9-15(13-17(16)20(3,4)5)22-18(21)19-11-7-6-8-12-19/h9-10,13-14H,6-8,11-12H2,1-5H3/q+1. The van der Waals surface area contributed by atoms with Gasteiger partial charge in [-0.25, -0.2) is 4.79 Å². The predicted octanol–water partition coefficient (Wildman–Crippen LogP) is 3.99. The summed E-state index contributed by atoms with van der Waals surface area (Å²) in [5.74, 6) is 1.09. The molecule has 0 aliphatic carbocycles. The van der Waals surface area contributed by atoms with E-state index in [1.807, 2.05) is 17.0 Å². The molecule has 1 aromatic carbocycles. The van der Waals surface area contributed by atoms with Crippen LogP contribution in [0.3, 0.4) is 0 Å². The fourth-order valence-electron chi connectivity index (χ4n) is 2.90. The number of ether oxygens (including phenoxy) is 1. The number of hydrogen-bond donors (Lipinski definition) is 0. The Morgan fingerprint density at radius 3 is 2.32 bits per heavy atom. The van der Waals surface area contributed by atoms with E-state index >= 15 is 0 Å². The molecule has 1 fully saturated rings. The Hall–Kier alpha value is -1.55. The summed E-state index contributed by atoms with van der Waals surface area (Å²) < 4.78 is 6.31. The van der Waals surface area contributed by atoms with Gasteiger partial charge < -0.3 is 9.64 Å². The van der Waals surface area contributed by atoms with E-state index in [1.54, 1.807) is 0 Å². The lowest BCUT2D eigenvalue weighted by Crippen LogP contribution is -2.38. The molecule has 22 heavy (non-hydrogen) atoms. The fraction of sp³-hybridized carbons (Fsp3) is 0.611. The summed E-state index contributed by atoms with van der Waals surface area (Å²) in [5, 5.41) is 0. The highest BCUT2D eigenvalue weighted by atomic mass is 16.6. The van der Waals surface area contributed by atoms with E-state index in [1.165, 1.54) is 17.7 Å². The second kappa shape index (κ2) is 6.69. The number of carbonyl (C=O) groups excluding carboxylic acids is 1. The molecule has 122 valence electrons. The van der Waals surface area contributed by atoms with Crippen molar-refractivity contribution in [3.05, 3.63) is 23.8 Å². The van der Waals surface area contributed by atoms with Crippen molar-refractivity contribution in [2.45, 2.75) is 39.0 Å². The minimum atomic E-state index is -0.218. The van der Waals surface area contributed by atoms with Gasteiger partial charge >= 0.3 is 6.09 Å². The molecular formula is C18H29N2O2+. The van der Waals surface area contributed by atoms with Gasteiger partial charge in [0.05, 0.1) is 21.1 Å². The van der Waals surface area contributed by atoms with Gasteiger partial charge in [-0.3, -0.25) is 4.48 Å². The molecule has 4 nitrogen and oxygen atoms in total. The molecule has 1 aliphatic rings. The Labute approximate surface area is 134 Å². The zero-order chi connectivity index (χ0) is 16.3. The molecule has 0 unspecified atom stereocenters. The minimum absolute atomic E-state index is 0.218. The summed E-state index contributed by atoms with van der Waals surface area (Å²) in [5.41, 5.74) is 2.49. The van der Waals surface area contributed by atoms with E-state index in [0.717, 1.165) is 25.9 Å². The lowest BCUT2D eigenvalue weighted by atomic mass is 9.99. The van der Waals surface area contributed by atoms with Crippen molar-refractivity contribution in [3.8, 4) is 5.75 Å². The van der Waals surface area contributed by atoms with Crippen LogP contribution < -0.4 is 9.22 Å². The molecule has 1 heterocycles. The highest BCUT2D eigenvalue weighted by molar-refractivity contribution is 5.71. The largest absolute Gasteiger partial charge is 0.415 e. The van der Waals surface area contributed by atoms with E-state index in [9.17, 15) is 4.79 Å². The second-order valence-electron chi connectivity index (χ2n) is 7.30. The summed E-state index contributed by atoms with van der Waals surface area (Å²) in [6, 6.07) is 6.01. The highest BCUT2D eigenvalue weighted by Gasteiger charge is 2.23. The molecule has 0 atom stereocenters. The van der Waals surface area contributed by atoms with Gasteiger partial charge in [-0.1, -0.05) is 13.8 Å². The number of benzene rings is 1. The molecule has 0 bridgehead atoms. The molecule has 0 aromatic heterocycles. The van der Waals surface area contributed by atoms with Crippen molar-refractivity contribution in [2.24, 2.45) is 0 Å². The van der Waals surface area contributed by atoms with Crippen molar-refractivity contribution in [2.75, 3.05) is 34.2 Å². The van der Waals surface area contributed by atoms with Crippen molar-refractivity contribution in [1.82, 2.24) is 9.38 Å². The van der Waals surface area contributed by atoms with Crippen molar-refractivity contribution in [1.29, 1.82) is 0 Å². The summed E-state index contributed by atoms with van der Waals surface area (Å²) in [6.07, 6.45) is 3.14. The molecule has 0 radical (unpaired) electrons. The van der Waals surface area contributed by atoms with Crippen LogP contribution in [-0.2, 0) is 0 Å². The predicted molar refractivity (Wildman–Crippen MR) is 91.5 cm³/mol. The van der Waals surface area contributed by atoms with Gasteiger partial charge in [0.1, 0.15) is 11.4 Å². The van der Waals surface area contributed by atoms with Gasteiger partial charge in [0.2, 0.25) is 0 Å². The molecule has 1 amide bonds. The SMILES string of the molecule is CC(C)c1ccc(OC(=O)N2CCCCC2)cc1[N+](C)(C)C. The van der Waals surface area contributed by atoms with Crippen molar-refractivity contribution in [3.63, 3.8) is 0 Å². The van der Waals surface area contributed by atoms with Crippen LogP contribution in [0.1, 0.15) is 44.6 Å². The van der Waals surface area contributed by atoms with Crippen molar-refractivity contribution >= 4 is 11.8 Å². The van der Waals surface area contributed by atoms with Crippen LogP contribution in [0.2, 0.25) is 0 Å². The Morgan fingerprint density at radius 1 is 1.14 bits per heavy atom. The van der Waals surface area contributed by atoms with Gasteiger partial charge in [-0.15, -0.1) is 0 Å². The first-order valence-corrected chi connectivity index (χ1v) is 8.22. The minimum Gasteiger partial charge on any atom is -0.410 e. The summed E-state index contributed by atoms with van der Waals surface area (Å²) >= 11 is 0. The lowest BCUT2D eigenvalue weighted by Gasteiger charge is -2.28. The average molecular weight is 305 g/mol. The third-order valence-corrected chi connectivity index (χ3v) is 4.17. The number of hydrogen-bond acceptors (Lipinski definition) is 2. The normalized spacial score (nSPS) is 16.0. The lowest BCUT2D eigenvalue weighted by molar-refractivity contribution is 0.142. The van der Waals surface area contributed by atoms with E-state index in [2.05, 4.69) is 41.1 Å². The van der Waals surface area contributed by atoms with E-state index in [0.29, 0.717) is 16.2 Å². The zero-order valence-corrected chi connectivity index (χ0v) is 14.6. The maximum absolute atomic E-state index is 12.2. The highest BCUT2D eigenvalue weighted by Crippen LogP contribution is 2.33. The molecule has 0 N–H and O–H groups in total. The molecule has 1 saturated heterocycles. The van der Waals surface area contributed by atoms with Gasteiger partial charge in [-0.2, -0.15) is 0 Å². The van der Waals surface area contributed by atoms with Crippen LogP contribution in [0, 0.1) is 0 Å². The first-order valence-electron chi connectivity index (χ1n) is 8.22. The van der Waals surface area contributed by atoms with Gasteiger partial charge in [-0.05, 0) is 37.3 Å². The summed E-state index contributed by atoms with van der Waals surface area (Å²) in [6.45, 7) is 6.00. The number of carbonyl (C=O) groups is 1. The molecule has 0 spiro atoms. The Balaban J connectivity index is 2.19. The monoisotopic (exact) mass is 305 g/mol. The molecule has 0 saturated carbocycles. The first kappa shape index (κ1) is 16.8. The number of nitrogens with zero attached hydrogens (tertiary/aromatic N) is 2. The van der Waals surface area contributed by atoms with Crippen LogP contribution in [0.25, 0.3) is 0 Å². The Kier molecular flexibility index (Phi) is 5.12. The number of likely N-dealkylation sites (tertiary alicyclic amines) is 1. The molecule has 2 rings (SSSR count). The molecule has 1 aromatic rings. The van der Waals surface area contributed by atoms with Gasteiger partial charge in [0, 0.05) is 24.7 Å². The van der Waals surface area contributed by atoms with Crippen LogP contribution in [-0.4, -0.2) is 45.2 Å². The molecule has 4 heteroatoms. The van der Waals surface area contributed by atoms with Crippen LogP contribution in [0.15, 0.2) is 18.2 Å². The number of piperidine rings is 1. The summed E-state index contributed by atoms with van der Waals surface area (Å²) in [7, 11) is 6.41. The van der Waals surface area contributed by atoms with Crippen molar-refractivity contribution < 1.29 is 9.53 Å². The second-order valence-corrected chi connectivity index (χ2v) is 7.30. The summed E-state index contributed by atoms with van der Waals surface area (Å²) in [4.78, 5) is 14.1. The molecule has 1 aliphatic heterocycles. The van der Waals surface area contributed by atoms with Gasteiger partial charge in [0.15, 0.2) is 0 Å². The number of amides is 1. The number of quaternary nitrogens is 1. The number of rotatable bonds is 3. The van der Waals surface area contributed by atoms with Crippen LogP contribution >= 0.6 is 0 Å². The van der Waals surface area contributed by atoms with E-state index in [4.69, 9.17) is 4.74 Å². The topological polar surface area (TPSA) is 29.5 Å². The Morgan fingerprint density at radius 2 is 1.77 bits per heavy atom.